The van der Waals surface area contributed by atoms with E-state index < -0.39 is 0 Å². The second-order valence-corrected chi connectivity index (χ2v) is 4.41. The molecule has 72 valence electrons. The summed E-state index contributed by atoms with van der Waals surface area (Å²) in [6.45, 7) is 4.17. The lowest BCUT2D eigenvalue weighted by molar-refractivity contribution is 0.722. The van der Waals surface area contributed by atoms with Gasteiger partial charge in [-0.1, -0.05) is 29.8 Å². The van der Waals surface area contributed by atoms with Gasteiger partial charge in [0, 0.05) is 11.3 Å². The van der Waals surface area contributed by atoms with Crippen molar-refractivity contribution in [1.82, 2.24) is 0 Å². The maximum Gasteiger partial charge on any atom is 0.0442 e. The van der Waals surface area contributed by atoms with E-state index in [4.69, 9.17) is 5.73 Å². The molecule has 2 N–H and O–H groups in total. The molecule has 1 rings (SSSR count). The van der Waals surface area contributed by atoms with Crippen LogP contribution in [-0.2, 0) is 0 Å². The molecule has 0 aliphatic rings. The molecule has 0 saturated carbocycles. The zero-order chi connectivity index (χ0) is 9.84. The molecule has 1 nitrogen and oxygen atoms in total. The lowest BCUT2D eigenvalue weighted by Crippen LogP contribution is -2.22. The van der Waals surface area contributed by atoms with Gasteiger partial charge in [-0.15, -0.1) is 0 Å². The number of thioether (sulfide) groups is 1. The van der Waals surface area contributed by atoms with Crippen molar-refractivity contribution in [2.75, 3.05) is 6.26 Å². The van der Waals surface area contributed by atoms with E-state index in [9.17, 15) is 0 Å². The molecule has 0 fully saturated rings. The average molecular weight is 195 g/mol. The smallest absolute Gasteiger partial charge is 0.0442 e. The Balaban J connectivity index is 2.91. The van der Waals surface area contributed by atoms with Crippen molar-refractivity contribution >= 4 is 11.8 Å². The molecule has 0 aromatic heterocycles. The van der Waals surface area contributed by atoms with Crippen molar-refractivity contribution < 1.29 is 0 Å². The first-order valence-electron chi connectivity index (χ1n) is 4.50. The molecule has 0 spiro atoms. The largest absolute Gasteiger partial charge is 0.327 e. The third-order valence-electron chi connectivity index (χ3n) is 2.10. The first-order chi connectivity index (χ1) is 6.15. The van der Waals surface area contributed by atoms with Crippen LogP contribution in [0.5, 0.6) is 0 Å². The van der Waals surface area contributed by atoms with E-state index in [2.05, 4.69) is 44.4 Å². The fourth-order valence-corrected chi connectivity index (χ4v) is 2.35. The molecular formula is C11H17NS. The second kappa shape index (κ2) is 4.68. The van der Waals surface area contributed by atoms with Gasteiger partial charge in [0.25, 0.3) is 0 Å². The van der Waals surface area contributed by atoms with Gasteiger partial charge < -0.3 is 5.73 Å². The monoisotopic (exact) mass is 195 g/mol. The first kappa shape index (κ1) is 10.6. The Morgan fingerprint density at radius 1 is 1.38 bits per heavy atom. The van der Waals surface area contributed by atoms with Crippen molar-refractivity contribution in [2.24, 2.45) is 5.73 Å². The molecule has 0 bridgehead atoms. The van der Waals surface area contributed by atoms with Crippen molar-refractivity contribution in [3.63, 3.8) is 0 Å². The summed E-state index contributed by atoms with van der Waals surface area (Å²) in [7, 11) is 0. The van der Waals surface area contributed by atoms with Crippen molar-refractivity contribution in [2.45, 2.75) is 25.1 Å². The Hall–Kier alpha value is -0.470. The zero-order valence-corrected chi connectivity index (χ0v) is 9.27. The minimum absolute atomic E-state index is 0.205. The Morgan fingerprint density at radius 3 is 2.54 bits per heavy atom. The van der Waals surface area contributed by atoms with Gasteiger partial charge in [-0.25, -0.2) is 0 Å². The number of nitrogens with two attached hydrogens (primary N) is 1. The molecule has 0 amide bonds. The van der Waals surface area contributed by atoms with Crippen LogP contribution in [-0.4, -0.2) is 12.3 Å². The van der Waals surface area contributed by atoms with Crippen LogP contribution in [0.1, 0.15) is 23.3 Å². The van der Waals surface area contributed by atoms with E-state index in [1.54, 1.807) is 0 Å². The molecule has 13 heavy (non-hydrogen) atoms. The molecule has 0 heterocycles. The van der Waals surface area contributed by atoms with Crippen molar-refractivity contribution in [3.05, 3.63) is 35.4 Å². The Morgan fingerprint density at radius 2 is 2.08 bits per heavy atom. The molecule has 1 aromatic rings. The van der Waals surface area contributed by atoms with Crippen LogP contribution in [0.15, 0.2) is 24.3 Å². The summed E-state index contributed by atoms with van der Waals surface area (Å²) in [5, 5.41) is 0.417. The van der Waals surface area contributed by atoms with Gasteiger partial charge >= 0.3 is 0 Å². The van der Waals surface area contributed by atoms with Crippen molar-refractivity contribution in [1.29, 1.82) is 0 Å². The maximum absolute atomic E-state index is 5.91. The normalized spacial score (nSPS) is 15.4. The number of hydrogen-bond acceptors (Lipinski definition) is 2. The third kappa shape index (κ3) is 2.75. The van der Waals surface area contributed by atoms with Gasteiger partial charge in [0.2, 0.25) is 0 Å². The molecule has 0 radical (unpaired) electrons. The second-order valence-electron chi connectivity index (χ2n) is 3.43. The zero-order valence-electron chi connectivity index (χ0n) is 8.45. The highest BCUT2D eigenvalue weighted by atomic mass is 32.2. The quantitative estimate of drug-likeness (QED) is 0.802. The molecule has 0 aliphatic carbocycles. The van der Waals surface area contributed by atoms with Crippen LogP contribution < -0.4 is 5.73 Å². The van der Waals surface area contributed by atoms with E-state index in [0.29, 0.717) is 5.25 Å². The van der Waals surface area contributed by atoms with Gasteiger partial charge in [-0.3, -0.25) is 0 Å². The minimum atomic E-state index is 0.205. The van der Waals surface area contributed by atoms with E-state index in [0.717, 1.165) is 0 Å². The first-order valence-corrected chi connectivity index (χ1v) is 5.79. The lowest BCUT2D eigenvalue weighted by Gasteiger charge is -2.19. The summed E-state index contributed by atoms with van der Waals surface area (Å²) < 4.78 is 0. The summed E-state index contributed by atoms with van der Waals surface area (Å²) in [5.41, 5.74) is 8.55. The van der Waals surface area contributed by atoms with Crippen LogP contribution in [0.3, 0.4) is 0 Å². The van der Waals surface area contributed by atoms with Crippen LogP contribution in [0.2, 0.25) is 0 Å². The Bertz CT molecular complexity index is 271. The summed E-state index contributed by atoms with van der Waals surface area (Å²) in [6.07, 6.45) is 2.11. The fourth-order valence-electron chi connectivity index (χ4n) is 1.50. The van der Waals surface area contributed by atoms with Gasteiger partial charge in [-0.2, -0.15) is 11.8 Å². The molecule has 2 heteroatoms. The summed E-state index contributed by atoms with van der Waals surface area (Å²) in [4.78, 5) is 0. The van der Waals surface area contributed by atoms with Gasteiger partial charge in [-0.05, 0) is 25.7 Å². The van der Waals surface area contributed by atoms with Crippen LogP contribution in [0.4, 0.5) is 0 Å². The third-order valence-corrected chi connectivity index (χ3v) is 3.31. The molecule has 0 aliphatic heterocycles. The number of aryl methyl sites for hydroxylation is 1. The Labute approximate surface area is 84.7 Å². The molecule has 1 aromatic carbocycles. The topological polar surface area (TPSA) is 26.0 Å². The predicted octanol–water partition coefficient (Wildman–Crippen LogP) is 2.75. The van der Waals surface area contributed by atoms with E-state index in [-0.39, 0.29) is 6.04 Å². The van der Waals surface area contributed by atoms with Gasteiger partial charge in [0.1, 0.15) is 0 Å². The highest BCUT2D eigenvalue weighted by Gasteiger charge is 2.14. The highest BCUT2D eigenvalue weighted by molar-refractivity contribution is 7.98. The predicted molar refractivity (Wildman–Crippen MR) is 61.1 cm³/mol. The standard InChI is InChI=1S/C11H17NS/c1-8-5-4-6-10(7-8)11(13-3)9(2)12/h4-7,9,11H,12H2,1-3H3. The van der Waals surface area contributed by atoms with Gasteiger partial charge in [0.05, 0.1) is 0 Å². The van der Waals surface area contributed by atoms with E-state index >= 15 is 0 Å². The number of benzene rings is 1. The fraction of sp³-hybridized carbons (Fsp3) is 0.455. The average Bonchev–Trinajstić information content (AvgIpc) is 2.04. The van der Waals surface area contributed by atoms with Crippen molar-refractivity contribution in [3.8, 4) is 0 Å². The summed E-state index contributed by atoms with van der Waals surface area (Å²) in [6, 6.07) is 8.78. The molecule has 0 saturated heterocycles. The summed E-state index contributed by atoms with van der Waals surface area (Å²) in [5.74, 6) is 0. The van der Waals surface area contributed by atoms with E-state index in [1.807, 2.05) is 11.8 Å². The van der Waals surface area contributed by atoms with Crippen LogP contribution in [0, 0.1) is 6.92 Å². The maximum atomic E-state index is 5.91. The summed E-state index contributed by atoms with van der Waals surface area (Å²) >= 11 is 1.81. The molecular weight excluding hydrogens is 178 g/mol. The SMILES string of the molecule is CSC(c1cccc(C)c1)C(C)N. The minimum Gasteiger partial charge on any atom is -0.327 e. The number of hydrogen-bond donors (Lipinski definition) is 1. The molecule has 2 unspecified atom stereocenters. The molecule has 2 atom stereocenters. The Kier molecular flexibility index (Phi) is 3.82. The number of rotatable bonds is 3. The van der Waals surface area contributed by atoms with Crippen LogP contribution in [0.25, 0.3) is 0 Å². The highest BCUT2D eigenvalue weighted by Crippen LogP contribution is 2.29. The van der Waals surface area contributed by atoms with E-state index in [1.165, 1.54) is 11.1 Å². The lowest BCUT2D eigenvalue weighted by atomic mass is 10.0. The van der Waals surface area contributed by atoms with Crippen LogP contribution >= 0.6 is 11.8 Å². The van der Waals surface area contributed by atoms with Gasteiger partial charge in [0.15, 0.2) is 0 Å².